The number of nitrogens with one attached hydrogen (secondary N) is 1. The van der Waals surface area contributed by atoms with E-state index < -0.39 is 0 Å². The molecule has 0 aromatic carbocycles. The molecule has 4 heteroatoms. The second-order valence-corrected chi connectivity index (χ2v) is 2.97. The van der Waals surface area contributed by atoms with Crippen molar-refractivity contribution in [2.75, 3.05) is 5.32 Å². The van der Waals surface area contributed by atoms with Gasteiger partial charge < -0.3 is 9.73 Å². The smallest absolute Gasteiger partial charge is 0.124 e. The minimum atomic E-state index is 0.693. The van der Waals surface area contributed by atoms with Crippen LogP contribution in [0.2, 0.25) is 0 Å². The molecular formula is C10H13N3O. The lowest BCUT2D eigenvalue weighted by Crippen LogP contribution is -2.06. The third-order valence-corrected chi connectivity index (χ3v) is 2.04. The predicted molar refractivity (Wildman–Crippen MR) is 53.9 cm³/mol. The molecule has 2 rings (SSSR count). The number of rotatable bonds is 4. The average molecular weight is 191 g/mol. The Balaban J connectivity index is 1.98. The summed E-state index contributed by atoms with van der Waals surface area (Å²) in [5, 5.41) is 7.41. The molecule has 2 aromatic rings. The normalized spacial score (nSPS) is 10.4. The Labute approximate surface area is 82.5 Å². The molecule has 74 valence electrons. The number of anilines is 1. The van der Waals surface area contributed by atoms with Crippen LogP contribution in [0, 0.1) is 0 Å². The maximum absolute atomic E-state index is 5.21. The summed E-state index contributed by atoms with van der Waals surface area (Å²) < 4.78 is 7.12. The highest BCUT2D eigenvalue weighted by Gasteiger charge is 2.00. The summed E-state index contributed by atoms with van der Waals surface area (Å²) in [6, 6.07) is 5.78. The third kappa shape index (κ3) is 1.79. The Bertz CT molecular complexity index is 378. The first-order valence-electron chi connectivity index (χ1n) is 4.68. The van der Waals surface area contributed by atoms with Gasteiger partial charge in [0.15, 0.2) is 0 Å². The van der Waals surface area contributed by atoms with Crippen LogP contribution in [0.25, 0.3) is 0 Å². The highest BCUT2D eigenvalue weighted by molar-refractivity contribution is 5.34. The van der Waals surface area contributed by atoms with Crippen molar-refractivity contribution < 1.29 is 4.42 Å². The lowest BCUT2D eigenvalue weighted by molar-refractivity contribution is 0.516. The molecule has 0 saturated heterocycles. The van der Waals surface area contributed by atoms with E-state index in [1.807, 2.05) is 22.9 Å². The van der Waals surface area contributed by atoms with Crippen LogP contribution in [-0.2, 0) is 13.1 Å². The molecule has 2 aromatic heterocycles. The highest BCUT2D eigenvalue weighted by Crippen LogP contribution is 2.08. The second-order valence-electron chi connectivity index (χ2n) is 2.97. The molecule has 0 spiro atoms. The van der Waals surface area contributed by atoms with Crippen LogP contribution >= 0.6 is 0 Å². The van der Waals surface area contributed by atoms with E-state index in [9.17, 15) is 0 Å². The van der Waals surface area contributed by atoms with Gasteiger partial charge in [0.2, 0.25) is 0 Å². The molecule has 0 saturated carbocycles. The van der Waals surface area contributed by atoms with Crippen molar-refractivity contribution in [2.45, 2.75) is 20.0 Å². The standard InChI is InChI=1S/C10H13N3O/c1-2-13-10(5-6-12-13)11-8-9-4-3-7-14-9/h3-7,11H,2,8H2,1H3. The number of hydrogen-bond donors (Lipinski definition) is 1. The average Bonchev–Trinajstić information content (AvgIpc) is 2.85. The summed E-state index contributed by atoms with van der Waals surface area (Å²) >= 11 is 0. The van der Waals surface area contributed by atoms with Crippen molar-refractivity contribution in [3.8, 4) is 0 Å². The van der Waals surface area contributed by atoms with Crippen LogP contribution in [0.5, 0.6) is 0 Å². The van der Waals surface area contributed by atoms with Crippen LogP contribution in [0.15, 0.2) is 35.1 Å². The van der Waals surface area contributed by atoms with E-state index in [4.69, 9.17) is 4.42 Å². The zero-order valence-corrected chi connectivity index (χ0v) is 8.10. The highest BCUT2D eigenvalue weighted by atomic mass is 16.3. The van der Waals surface area contributed by atoms with E-state index in [0.29, 0.717) is 6.54 Å². The number of nitrogens with zero attached hydrogens (tertiary/aromatic N) is 2. The maximum atomic E-state index is 5.21. The molecule has 0 fully saturated rings. The molecule has 0 atom stereocenters. The van der Waals surface area contributed by atoms with E-state index in [1.165, 1.54) is 0 Å². The number of furan rings is 1. The van der Waals surface area contributed by atoms with E-state index in [-0.39, 0.29) is 0 Å². The van der Waals surface area contributed by atoms with Crippen LogP contribution < -0.4 is 5.32 Å². The minimum Gasteiger partial charge on any atom is -0.467 e. The van der Waals surface area contributed by atoms with E-state index >= 15 is 0 Å². The molecule has 0 radical (unpaired) electrons. The van der Waals surface area contributed by atoms with Crippen LogP contribution in [0.3, 0.4) is 0 Å². The summed E-state index contributed by atoms with van der Waals surface area (Å²) in [6.45, 7) is 3.62. The molecule has 0 amide bonds. The Morgan fingerprint density at radius 3 is 3.14 bits per heavy atom. The van der Waals surface area contributed by atoms with Gasteiger partial charge in [-0.1, -0.05) is 0 Å². The maximum Gasteiger partial charge on any atom is 0.124 e. The molecular weight excluding hydrogens is 178 g/mol. The van der Waals surface area contributed by atoms with Gasteiger partial charge in [0, 0.05) is 12.6 Å². The molecule has 1 N–H and O–H groups in total. The molecule has 0 aliphatic heterocycles. The van der Waals surface area contributed by atoms with Gasteiger partial charge in [-0.05, 0) is 19.1 Å². The molecule has 0 aliphatic carbocycles. The SMILES string of the molecule is CCn1nccc1NCc1ccco1. The number of aromatic nitrogens is 2. The fourth-order valence-corrected chi connectivity index (χ4v) is 1.33. The third-order valence-electron chi connectivity index (χ3n) is 2.04. The van der Waals surface area contributed by atoms with Gasteiger partial charge in [-0.15, -0.1) is 0 Å². The lowest BCUT2D eigenvalue weighted by Gasteiger charge is -2.05. The minimum absolute atomic E-state index is 0.693. The monoisotopic (exact) mass is 191 g/mol. The number of hydrogen-bond acceptors (Lipinski definition) is 3. The fourth-order valence-electron chi connectivity index (χ4n) is 1.33. The largest absolute Gasteiger partial charge is 0.467 e. The first-order valence-corrected chi connectivity index (χ1v) is 4.68. The lowest BCUT2D eigenvalue weighted by atomic mass is 10.4. The topological polar surface area (TPSA) is 43.0 Å². The first kappa shape index (κ1) is 8.87. The fraction of sp³-hybridized carbons (Fsp3) is 0.300. The van der Waals surface area contributed by atoms with Crippen molar-refractivity contribution in [2.24, 2.45) is 0 Å². The summed E-state index contributed by atoms with van der Waals surface area (Å²) in [7, 11) is 0. The van der Waals surface area contributed by atoms with E-state index in [2.05, 4.69) is 17.3 Å². The quantitative estimate of drug-likeness (QED) is 0.804. The summed E-state index contributed by atoms with van der Waals surface area (Å²) in [4.78, 5) is 0. The van der Waals surface area contributed by atoms with Crippen LogP contribution in [0.1, 0.15) is 12.7 Å². The summed E-state index contributed by atoms with van der Waals surface area (Å²) in [5.41, 5.74) is 0. The van der Waals surface area contributed by atoms with Crippen molar-refractivity contribution >= 4 is 5.82 Å². The Kier molecular flexibility index (Phi) is 2.53. The molecule has 0 aliphatic rings. The van der Waals surface area contributed by atoms with Gasteiger partial charge in [0.1, 0.15) is 11.6 Å². The zero-order valence-electron chi connectivity index (χ0n) is 8.10. The van der Waals surface area contributed by atoms with Crippen LogP contribution in [0.4, 0.5) is 5.82 Å². The van der Waals surface area contributed by atoms with Gasteiger partial charge in [-0.25, -0.2) is 0 Å². The summed E-state index contributed by atoms with van der Waals surface area (Å²) in [6.07, 6.45) is 3.46. The Hall–Kier alpha value is -1.71. The van der Waals surface area contributed by atoms with Gasteiger partial charge in [0.05, 0.1) is 19.0 Å². The Morgan fingerprint density at radius 2 is 2.43 bits per heavy atom. The number of aryl methyl sites for hydroxylation is 1. The Morgan fingerprint density at radius 1 is 1.50 bits per heavy atom. The molecule has 0 unspecified atom stereocenters. The van der Waals surface area contributed by atoms with Gasteiger partial charge in [0.25, 0.3) is 0 Å². The molecule has 2 heterocycles. The summed E-state index contributed by atoms with van der Waals surface area (Å²) in [5.74, 6) is 1.94. The van der Waals surface area contributed by atoms with Crippen molar-refractivity contribution in [1.82, 2.24) is 9.78 Å². The predicted octanol–water partition coefficient (Wildman–Crippen LogP) is 2.11. The van der Waals surface area contributed by atoms with Gasteiger partial charge in [-0.2, -0.15) is 5.10 Å². The first-order chi connectivity index (χ1) is 6.90. The molecule has 0 bridgehead atoms. The van der Waals surface area contributed by atoms with Crippen molar-refractivity contribution in [3.05, 3.63) is 36.4 Å². The zero-order chi connectivity index (χ0) is 9.80. The van der Waals surface area contributed by atoms with Gasteiger partial charge in [-0.3, -0.25) is 4.68 Å². The second kappa shape index (κ2) is 4.00. The van der Waals surface area contributed by atoms with Crippen molar-refractivity contribution in [1.29, 1.82) is 0 Å². The molecule has 14 heavy (non-hydrogen) atoms. The van der Waals surface area contributed by atoms with E-state index in [0.717, 1.165) is 18.1 Å². The van der Waals surface area contributed by atoms with E-state index in [1.54, 1.807) is 12.5 Å². The molecule has 4 nitrogen and oxygen atoms in total. The van der Waals surface area contributed by atoms with Crippen LogP contribution in [-0.4, -0.2) is 9.78 Å². The van der Waals surface area contributed by atoms with Crippen molar-refractivity contribution in [3.63, 3.8) is 0 Å². The van der Waals surface area contributed by atoms with Gasteiger partial charge >= 0.3 is 0 Å².